The first kappa shape index (κ1) is 13.4. The molecule has 2 aliphatic rings. The molecule has 0 saturated heterocycles. The lowest BCUT2D eigenvalue weighted by Gasteiger charge is -2.31. The maximum Gasteiger partial charge on any atom is 0.248 e. The van der Waals surface area contributed by atoms with E-state index in [1.54, 1.807) is 23.5 Å². The third kappa shape index (κ3) is 2.29. The Morgan fingerprint density at radius 1 is 1.24 bits per heavy atom. The molecular formula is C15H11ClN2OS2. The summed E-state index contributed by atoms with van der Waals surface area (Å²) in [6.07, 6.45) is 0.518. The van der Waals surface area contributed by atoms with Crippen LogP contribution < -0.4 is 5.01 Å². The number of hydrogen-bond donors (Lipinski definition) is 0. The van der Waals surface area contributed by atoms with Crippen molar-refractivity contribution in [2.24, 2.45) is 11.0 Å². The number of carbonyl (C=O) groups is 1. The highest BCUT2D eigenvalue weighted by Gasteiger charge is 2.35. The Balaban J connectivity index is 1.79. The number of fused-ring (bicyclic) bond motifs is 3. The summed E-state index contributed by atoms with van der Waals surface area (Å²) in [4.78, 5) is 12.4. The lowest BCUT2D eigenvalue weighted by molar-refractivity contribution is -0.119. The van der Waals surface area contributed by atoms with E-state index in [1.165, 1.54) is 14.8 Å². The Hall–Kier alpha value is -1.30. The summed E-state index contributed by atoms with van der Waals surface area (Å²) in [5.41, 5.74) is 3.00. The second kappa shape index (κ2) is 5.16. The van der Waals surface area contributed by atoms with Crippen molar-refractivity contribution >= 4 is 52.0 Å². The minimum atomic E-state index is 0.0466. The molecule has 0 N–H and O–H groups in total. The van der Waals surface area contributed by atoms with Crippen LogP contribution in [-0.2, 0) is 4.79 Å². The third-order valence-electron chi connectivity index (χ3n) is 3.64. The van der Waals surface area contributed by atoms with Gasteiger partial charge in [0.2, 0.25) is 5.91 Å². The molecule has 0 aliphatic carbocycles. The lowest BCUT2D eigenvalue weighted by Crippen LogP contribution is -2.39. The maximum atomic E-state index is 12.4. The van der Waals surface area contributed by atoms with Gasteiger partial charge in [0, 0.05) is 28.7 Å². The molecule has 106 valence electrons. The van der Waals surface area contributed by atoms with Gasteiger partial charge < -0.3 is 0 Å². The van der Waals surface area contributed by atoms with Gasteiger partial charge in [-0.1, -0.05) is 11.6 Å². The largest absolute Gasteiger partial charge is 0.273 e. The zero-order valence-corrected chi connectivity index (χ0v) is 13.3. The van der Waals surface area contributed by atoms with Crippen LogP contribution in [-0.4, -0.2) is 17.4 Å². The van der Waals surface area contributed by atoms with Gasteiger partial charge in [0.15, 0.2) is 0 Å². The highest BCUT2D eigenvalue weighted by Crippen LogP contribution is 2.40. The van der Waals surface area contributed by atoms with Crippen LogP contribution in [0.4, 0.5) is 5.69 Å². The predicted molar refractivity (Wildman–Crippen MR) is 88.6 cm³/mol. The number of halogens is 1. The van der Waals surface area contributed by atoms with Crippen molar-refractivity contribution in [3.8, 4) is 0 Å². The summed E-state index contributed by atoms with van der Waals surface area (Å²) in [5, 5.41) is 8.91. The highest BCUT2D eigenvalue weighted by atomic mass is 35.5. The zero-order chi connectivity index (χ0) is 14.4. The number of rotatable bonds is 1. The molecule has 0 bridgehead atoms. The maximum absolute atomic E-state index is 12.4. The molecule has 4 rings (SSSR count). The van der Waals surface area contributed by atoms with Gasteiger partial charge in [-0.15, -0.1) is 23.1 Å². The van der Waals surface area contributed by atoms with Crippen molar-refractivity contribution < 1.29 is 4.79 Å². The number of hydrazone groups is 1. The van der Waals surface area contributed by atoms with Crippen LogP contribution in [0.5, 0.6) is 0 Å². The van der Waals surface area contributed by atoms with Crippen molar-refractivity contribution in [3.05, 3.63) is 46.3 Å². The predicted octanol–water partition coefficient (Wildman–Crippen LogP) is 4.26. The first-order valence-corrected chi connectivity index (χ1v) is 8.84. The van der Waals surface area contributed by atoms with Gasteiger partial charge in [-0.05, 0) is 35.7 Å². The number of carbonyl (C=O) groups excluding carboxylic acids is 1. The van der Waals surface area contributed by atoms with Crippen LogP contribution >= 0.6 is 34.7 Å². The molecule has 0 spiro atoms. The van der Waals surface area contributed by atoms with E-state index in [2.05, 4.69) is 16.5 Å². The molecule has 3 heterocycles. The van der Waals surface area contributed by atoms with Gasteiger partial charge >= 0.3 is 0 Å². The Morgan fingerprint density at radius 2 is 2.05 bits per heavy atom. The SMILES string of the molecule is O=C1CC2CSc3sccc3C2=NN1c1ccc(Cl)cc1. The van der Waals surface area contributed by atoms with Crippen molar-refractivity contribution in [2.45, 2.75) is 10.6 Å². The van der Waals surface area contributed by atoms with E-state index in [0.29, 0.717) is 11.4 Å². The number of benzene rings is 1. The Labute approximate surface area is 135 Å². The van der Waals surface area contributed by atoms with Crippen molar-refractivity contribution in [3.63, 3.8) is 0 Å². The standard InChI is InChI=1S/C15H11ClN2OS2/c16-10-1-3-11(4-2-10)18-13(19)7-9-8-21-15-12(5-6-20-15)14(9)17-18/h1-6,9H,7-8H2. The average molecular weight is 335 g/mol. The summed E-state index contributed by atoms with van der Waals surface area (Å²) < 4.78 is 1.30. The van der Waals surface area contributed by atoms with Crippen molar-refractivity contribution in [1.82, 2.24) is 0 Å². The fourth-order valence-electron chi connectivity index (χ4n) is 2.61. The van der Waals surface area contributed by atoms with Gasteiger partial charge in [0.05, 0.1) is 15.6 Å². The molecule has 0 fully saturated rings. The van der Waals surface area contributed by atoms with Gasteiger partial charge in [-0.25, -0.2) is 5.01 Å². The smallest absolute Gasteiger partial charge is 0.248 e. The fourth-order valence-corrected chi connectivity index (χ4v) is 4.96. The van der Waals surface area contributed by atoms with E-state index in [-0.39, 0.29) is 11.8 Å². The first-order valence-electron chi connectivity index (χ1n) is 6.60. The van der Waals surface area contributed by atoms with Gasteiger partial charge in [-0.2, -0.15) is 5.10 Å². The van der Waals surface area contributed by atoms with Gasteiger partial charge in [0.1, 0.15) is 0 Å². The summed E-state index contributed by atoms with van der Waals surface area (Å²) in [6, 6.07) is 9.33. The van der Waals surface area contributed by atoms with Gasteiger partial charge in [-0.3, -0.25) is 4.79 Å². The topological polar surface area (TPSA) is 32.7 Å². The monoisotopic (exact) mass is 334 g/mol. The van der Waals surface area contributed by atoms with E-state index in [9.17, 15) is 4.79 Å². The van der Waals surface area contributed by atoms with Crippen LogP contribution in [0.3, 0.4) is 0 Å². The summed E-state index contributed by atoms with van der Waals surface area (Å²) in [6.45, 7) is 0. The van der Waals surface area contributed by atoms with Crippen molar-refractivity contribution in [1.29, 1.82) is 0 Å². The lowest BCUT2D eigenvalue weighted by atomic mass is 9.94. The molecule has 6 heteroatoms. The molecule has 2 aromatic rings. The van der Waals surface area contributed by atoms with E-state index < -0.39 is 0 Å². The summed E-state index contributed by atoms with van der Waals surface area (Å²) in [5.74, 6) is 1.21. The molecule has 1 atom stereocenters. The quantitative estimate of drug-likeness (QED) is 0.780. The summed E-state index contributed by atoms with van der Waals surface area (Å²) >= 11 is 9.48. The second-order valence-electron chi connectivity index (χ2n) is 5.00. The average Bonchev–Trinajstić information content (AvgIpc) is 2.96. The molecule has 0 saturated carbocycles. The molecule has 1 aromatic carbocycles. The van der Waals surface area contributed by atoms with Crippen LogP contribution in [0.1, 0.15) is 12.0 Å². The minimum Gasteiger partial charge on any atom is -0.273 e. The number of thiophene rings is 1. The molecule has 2 aliphatic heterocycles. The molecule has 0 radical (unpaired) electrons. The second-order valence-corrected chi connectivity index (χ2v) is 7.64. The van der Waals surface area contributed by atoms with Crippen LogP contribution in [0.15, 0.2) is 45.0 Å². The number of nitrogens with zero attached hydrogens (tertiary/aromatic N) is 2. The van der Waals surface area contributed by atoms with E-state index in [4.69, 9.17) is 11.6 Å². The molecule has 1 amide bonds. The van der Waals surface area contributed by atoms with Crippen LogP contribution in [0.2, 0.25) is 5.02 Å². The van der Waals surface area contributed by atoms with E-state index >= 15 is 0 Å². The fraction of sp³-hybridized carbons (Fsp3) is 0.200. The first-order chi connectivity index (χ1) is 10.2. The highest BCUT2D eigenvalue weighted by molar-refractivity contribution is 8.01. The third-order valence-corrected chi connectivity index (χ3v) is 6.30. The zero-order valence-electron chi connectivity index (χ0n) is 11.0. The number of hydrogen-bond acceptors (Lipinski definition) is 4. The van der Waals surface area contributed by atoms with Crippen LogP contribution in [0.25, 0.3) is 0 Å². The number of anilines is 1. The van der Waals surface area contributed by atoms with Crippen LogP contribution in [0, 0.1) is 5.92 Å². The number of thioether (sulfide) groups is 1. The van der Waals surface area contributed by atoms with Gasteiger partial charge in [0.25, 0.3) is 0 Å². The molecule has 1 aromatic heterocycles. The molecular weight excluding hydrogens is 324 g/mol. The van der Waals surface area contributed by atoms with E-state index in [0.717, 1.165) is 17.2 Å². The minimum absolute atomic E-state index is 0.0466. The Morgan fingerprint density at radius 3 is 2.86 bits per heavy atom. The van der Waals surface area contributed by atoms with Crippen molar-refractivity contribution in [2.75, 3.05) is 10.8 Å². The number of amides is 1. The Bertz CT molecular complexity index is 738. The molecule has 21 heavy (non-hydrogen) atoms. The van der Waals surface area contributed by atoms with E-state index in [1.807, 2.05) is 23.9 Å². The Kier molecular flexibility index (Phi) is 3.28. The summed E-state index contributed by atoms with van der Waals surface area (Å²) in [7, 11) is 0. The normalized spacial score (nSPS) is 20.8. The molecule has 3 nitrogen and oxygen atoms in total. The molecule has 1 unspecified atom stereocenters.